The number of hydrogen-bond acceptors (Lipinski definition) is 5. The summed E-state index contributed by atoms with van der Waals surface area (Å²) in [5, 5.41) is 5.27. The Labute approximate surface area is 151 Å². The van der Waals surface area contributed by atoms with Gasteiger partial charge in [-0.1, -0.05) is 36.4 Å². The Morgan fingerprint density at radius 2 is 1.85 bits per heavy atom. The number of alkyl carbamates (subject to hydrolysis) is 1. The second-order valence-corrected chi connectivity index (χ2v) is 5.83. The van der Waals surface area contributed by atoms with Crippen LogP contribution >= 0.6 is 0 Å². The molecule has 1 aliphatic rings. The molecule has 3 rings (SSSR count). The van der Waals surface area contributed by atoms with Crippen molar-refractivity contribution in [1.82, 2.24) is 10.6 Å². The number of carbonyl (C=O) groups is 2. The Kier molecular flexibility index (Phi) is 5.58. The van der Waals surface area contributed by atoms with Gasteiger partial charge >= 0.3 is 6.09 Å². The normalized spacial score (nSPS) is 13.0. The monoisotopic (exact) mass is 356 g/mol. The lowest BCUT2D eigenvalue weighted by molar-refractivity contribution is -0.122. The van der Waals surface area contributed by atoms with Crippen LogP contribution in [0, 0.1) is 0 Å². The predicted molar refractivity (Wildman–Crippen MR) is 93.6 cm³/mol. The molecule has 0 radical (unpaired) electrons. The summed E-state index contributed by atoms with van der Waals surface area (Å²) in [7, 11) is 0. The fraction of sp³-hybridized carbons (Fsp3) is 0.263. The largest absolute Gasteiger partial charge is 0.454 e. The summed E-state index contributed by atoms with van der Waals surface area (Å²) >= 11 is 0. The van der Waals surface area contributed by atoms with Crippen LogP contribution in [-0.4, -0.2) is 24.8 Å². The van der Waals surface area contributed by atoms with E-state index in [0.717, 1.165) is 11.1 Å². The molecule has 1 heterocycles. The molecule has 2 amide bonds. The molecule has 7 heteroatoms. The lowest BCUT2D eigenvalue weighted by Gasteiger charge is -2.14. The first-order chi connectivity index (χ1) is 12.6. The summed E-state index contributed by atoms with van der Waals surface area (Å²) in [6.45, 7) is 2.27. The van der Waals surface area contributed by atoms with E-state index in [1.807, 2.05) is 42.5 Å². The van der Waals surface area contributed by atoms with Crippen LogP contribution in [0.3, 0.4) is 0 Å². The van der Waals surface area contributed by atoms with Crippen molar-refractivity contribution in [3.05, 3.63) is 59.7 Å². The van der Waals surface area contributed by atoms with Gasteiger partial charge in [0.1, 0.15) is 12.6 Å². The SMILES string of the molecule is C[C@H](NC(=O)OCc1ccccc1)C(=O)NCc1ccc2c(c1)OCO2. The van der Waals surface area contributed by atoms with Crippen LogP contribution in [0.2, 0.25) is 0 Å². The first-order valence-corrected chi connectivity index (χ1v) is 8.25. The lowest BCUT2D eigenvalue weighted by Crippen LogP contribution is -2.44. The van der Waals surface area contributed by atoms with Crippen molar-refractivity contribution in [2.75, 3.05) is 6.79 Å². The van der Waals surface area contributed by atoms with Gasteiger partial charge in [0, 0.05) is 6.54 Å². The van der Waals surface area contributed by atoms with Crippen molar-refractivity contribution in [2.45, 2.75) is 26.1 Å². The molecule has 1 aliphatic heterocycles. The molecule has 2 N–H and O–H groups in total. The average Bonchev–Trinajstić information content (AvgIpc) is 3.13. The van der Waals surface area contributed by atoms with Gasteiger partial charge in [0.15, 0.2) is 11.5 Å². The Balaban J connectivity index is 1.42. The highest BCUT2D eigenvalue weighted by Crippen LogP contribution is 2.32. The standard InChI is InChI=1S/C19H20N2O5/c1-13(21-19(23)24-11-14-5-3-2-4-6-14)18(22)20-10-15-7-8-16-17(9-15)26-12-25-16/h2-9,13H,10-12H2,1H3,(H,20,22)(H,21,23)/t13-/m0/s1. The van der Waals surface area contributed by atoms with E-state index in [0.29, 0.717) is 18.0 Å². The van der Waals surface area contributed by atoms with Gasteiger partial charge in [-0.25, -0.2) is 4.79 Å². The number of benzene rings is 2. The van der Waals surface area contributed by atoms with Gasteiger partial charge in [-0.05, 0) is 30.2 Å². The lowest BCUT2D eigenvalue weighted by atomic mass is 10.2. The zero-order valence-electron chi connectivity index (χ0n) is 14.4. The quantitative estimate of drug-likeness (QED) is 0.830. The molecular weight excluding hydrogens is 336 g/mol. The van der Waals surface area contributed by atoms with Crippen LogP contribution in [0.15, 0.2) is 48.5 Å². The van der Waals surface area contributed by atoms with Crippen molar-refractivity contribution in [3.63, 3.8) is 0 Å². The Bertz CT molecular complexity index is 779. The van der Waals surface area contributed by atoms with E-state index < -0.39 is 12.1 Å². The molecule has 0 aromatic heterocycles. The minimum Gasteiger partial charge on any atom is -0.454 e. The predicted octanol–water partition coefficient (Wildman–Crippen LogP) is 2.35. The number of fused-ring (bicyclic) bond motifs is 1. The molecule has 1 atom stereocenters. The Hall–Kier alpha value is -3.22. The molecular formula is C19H20N2O5. The highest BCUT2D eigenvalue weighted by atomic mass is 16.7. The van der Waals surface area contributed by atoms with Gasteiger partial charge in [-0.2, -0.15) is 0 Å². The van der Waals surface area contributed by atoms with Gasteiger partial charge in [0.2, 0.25) is 12.7 Å². The smallest absolute Gasteiger partial charge is 0.408 e. The molecule has 0 unspecified atom stereocenters. The average molecular weight is 356 g/mol. The molecule has 0 saturated carbocycles. The van der Waals surface area contributed by atoms with Crippen LogP contribution in [-0.2, 0) is 22.7 Å². The third kappa shape index (κ3) is 4.66. The zero-order chi connectivity index (χ0) is 18.4. The van der Waals surface area contributed by atoms with Gasteiger partial charge in [-0.15, -0.1) is 0 Å². The molecule has 136 valence electrons. The molecule has 26 heavy (non-hydrogen) atoms. The maximum atomic E-state index is 12.1. The number of nitrogens with one attached hydrogen (secondary N) is 2. The molecule has 2 aromatic carbocycles. The fourth-order valence-corrected chi connectivity index (χ4v) is 2.40. The number of rotatable bonds is 6. The van der Waals surface area contributed by atoms with Crippen LogP contribution < -0.4 is 20.1 Å². The molecule has 0 saturated heterocycles. The molecule has 0 aliphatic carbocycles. The van der Waals surface area contributed by atoms with E-state index in [4.69, 9.17) is 14.2 Å². The summed E-state index contributed by atoms with van der Waals surface area (Å²) in [6.07, 6.45) is -0.639. The van der Waals surface area contributed by atoms with Gasteiger partial charge in [0.25, 0.3) is 0 Å². The van der Waals surface area contributed by atoms with Crippen LogP contribution in [0.1, 0.15) is 18.1 Å². The molecule has 0 bridgehead atoms. The Morgan fingerprint density at radius 3 is 2.65 bits per heavy atom. The second kappa shape index (κ2) is 8.24. The highest BCUT2D eigenvalue weighted by Gasteiger charge is 2.17. The Morgan fingerprint density at radius 1 is 1.08 bits per heavy atom. The van der Waals surface area contributed by atoms with Crippen LogP contribution in [0.4, 0.5) is 4.79 Å². The first-order valence-electron chi connectivity index (χ1n) is 8.25. The van der Waals surface area contributed by atoms with E-state index in [-0.39, 0.29) is 19.3 Å². The van der Waals surface area contributed by atoms with E-state index in [1.54, 1.807) is 13.0 Å². The third-order valence-electron chi connectivity index (χ3n) is 3.84. The topological polar surface area (TPSA) is 85.9 Å². The van der Waals surface area contributed by atoms with Crippen molar-refractivity contribution in [3.8, 4) is 11.5 Å². The van der Waals surface area contributed by atoms with Gasteiger partial charge in [-0.3, -0.25) is 4.79 Å². The minimum atomic E-state index is -0.715. The fourth-order valence-electron chi connectivity index (χ4n) is 2.40. The van der Waals surface area contributed by atoms with Crippen molar-refractivity contribution >= 4 is 12.0 Å². The van der Waals surface area contributed by atoms with Crippen molar-refractivity contribution < 1.29 is 23.8 Å². The van der Waals surface area contributed by atoms with E-state index in [2.05, 4.69) is 10.6 Å². The van der Waals surface area contributed by atoms with Crippen molar-refractivity contribution in [1.29, 1.82) is 0 Å². The van der Waals surface area contributed by atoms with Gasteiger partial charge < -0.3 is 24.8 Å². The third-order valence-corrected chi connectivity index (χ3v) is 3.84. The zero-order valence-corrected chi connectivity index (χ0v) is 14.4. The van der Waals surface area contributed by atoms with E-state index in [9.17, 15) is 9.59 Å². The summed E-state index contributed by atoms with van der Waals surface area (Å²) in [5.41, 5.74) is 1.75. The van der Waals surface area contributed by atoms with Gasteiger partial charge in [0.05, 0.1) is 0 Å². The number of hydrogen-bond donors (Lipinski definition) is 2. The molecule has 2 aromatic rings. The van der Waals surface area contributed by atoms with E-state index >= 15 is 0 Å². The second-order valence-electron chi connectivity index (χ2n) is 5.83. The number of amides is 2. The molecule has 0 spiro atoms. The maximum absolute atomic E-state index is 12.1. The molecule has 7 nitrogen and oxygen atoms in total. The minimum absolute atomic E-state index is 0.151. The van der Waals surface area contributed by atoms with Crippen molar-refractivity contribution in [2.24, 2.45) is 0 Å². The number of ether oxygens (including phenoxy) is 3. The van der Waals surface area contributed by atoms with E-state index in [1.165, 1.54) is 0 Å². The van der Waals surface area contributed by atoms with Crippen LogP contribution in [0.25, 0.3) is 0 Å². The maximum Gasteiger partial charge on any atom is 0.408 e. The summed E-state index contributed by atoms with van der Waals surface area (Å²) < 4.78 is 15.6. The first kappa shape index (κ1) is 17.6. The number of carbonyl (C=O) groups excluding carboxylic acids is 2. The highest BCUT2D eigenvalue weighted by molar-refractivity contribution is 5.85. The van der Waals surface area contributed by atoms with Crippen LogP contribution in [0.5, 0.6) is 11.5 Å². The summed E-state index contributed by atoms with van der Waals surface area (Å²) in [6, 6.07) is 14.1. The summed E-state index contributed by atoms with van der Waals surface area (Å²) in [4.78, 5) is 23.9. The summed E-state index contributed by atoms with van der Waals surface area (Å²) in [5.74, 6) is 1.04. The molecule has 0 fully saturated rings.